The number of hydrogen-bond acceptors (Lipinski definition) is 4. The van der Waals surface area contributed by atoms with Crippen molar-refractivity contribution in [2.24, 2.45) is 0 Å². The first kappa shape index (κ1) is 15.2. The molecule has 0 aliphatic rings. The highest BCUT2D eigenvalue weighted by Crippen LogP contribution is 2.22. The second-order valence-corrected chi connectivity index (χ2v) is 5.39. The van der Waals surface area contributed by atoms with Gasteiger partial charge in [0.15, 0.2) is 0 Å². The summed E-state index contributed by atoms with van der Waals surface area (Å²) in [6, 6.07) is 15.5. The van der Waals surface area contributed by atoms with Gasteiger partial charge in [0.1, 0.15) is 11.6 Å². The van der Waals surface area contributed by atoms with Gasteiger partial charge in [-0.1, -0.05) is 29.8 Å². The molecule has 0 saturated carbocycles. The number of aromatic nitrogens is 2. The second kappa shape index (κ2) is 6.62. The lowest BCUT2D eigenvalue weighted by molar-refractivity contribution is 0.631. The third-order valence-electron chi connectivity index (χ3n) is 3.07. The van der Waals surface area contributed by atoms with Crippen LogP contribution in [0.15, 0.2) is 54.6 Å². The van der Waals surface area contributed by atoms with E-state index in [-0.39, 0.29) is 5.82 Å². The van der Waals surface area contributed by atoms with Gasteiger partial charge in [0.2, 0.25) is 5.95 Å². The fraction of sp³-hybridized carbons (Fsp3) is 0.0588. The fourth-order valence-electron chi connectivity index (χ4n) is 2.09. The SMILES string of the molecule is Cc1cc(Nc2cccc(Cl)c2)nc(Nc2ccccc2F)n1. The minimum Gasteiger partial charge on any atom is -0.340 e. The number of benzene rings is 2. The summed E-state index contributed by atoms with van der Waals surface area (Å²) in [6.07, 6.45) is 0. The van der Waals surface area contributed by atoms with Gasteiger partial charge in [0.25, 0.3) is 0 Å². The highest BCUT2D eigenvalue weighted by Gasteiger charge is 2.06. The number of aryl methyl sites for hydroxylation is 1. The molecule has 0 aliphatic heterocycles. The molecule has 0 bridgehead atoms. The van der Waals surface area contributed by atoms with Gasteiger partial charge in [0.05, 0.1) is 5.69 Å². The second-order valence-electron chi connectivity index (χ2n) is 4.96. The standard InChI is InChI=1S/C17H14ClFN4/c1-11-9-16(21-13-6-4-5-12(18)10-13)23-17(20-11)22-15-8-3-2-7-14(15)19/h2-10H,1H3,(H2,20,21,22,23). The van der Waals surface area contributed by atoms with Crippen LogP contribution in [0.4, 0.5) is 27.5 Å². The zero-order chi connectivity index (χ0) is 16.2. The van der Waals surface area contributed by atoms with E-state index >= 15 is 0 Å². The summed E-state index contributed by atoms with van der Waals surface area (Å²) < 4.78 is 13.7. The summed E-state index contributed by atoms with van der Waals surface area (Å²) in [5.74, 6) is 0.556. The number of anilines is 4. The molecule has 0 amide bonds. The Morgan fingerprint density at radius 1 is 0.957 bits per heavy atom. The van der Waals surface area contributed by atoms with Crippen molar-refractivity contribution in [1.82, 2.24) is 9.97 Å². The van der Waals surface area contributed by atoms with Crippen molar-refractivity contribution in [3.05, 3.63) is 71.1 Å². The molecule has 0 radical (unpaired) electrons. The Labute approximate surface area is 138 Å². The van der Waals surface area contributed by atoms with Gasteiger partial charge in [-0.2, -0.15) is 4.98 Å². The zero-order valence-electron chi connectivity index (χ0n) is 12.3. The molecule has 116 valence electrons. The largest absolute Gasteiger partial charge is 0.340 e. The average molecular weight is 329 g/mol. The minimum absolute atomic E-state index is 0.319. The van der Waals surface area contributed by atoms with E-state index in [2.05, 4.69) is 20.6 Å². The van der Waals surface area contributed by atoms with E-state index in [0.29, 0.717) is 22.5 Å². The van der Waals surface area contributed by atoms with Crippen molar-refractivity contribution < 1.29 is 4.39 Å². The van der Waals surface area contributed by atoms with Gasteiger partial charge in [0, 0.05) is 22.5 Å². The molecule has 0 fully saturated rings. The molecular weight excluding hydrogens is 315 g/mol. The average Bonchev–Trinajstić information content (AvgIpc) is 2.49. The van der Waals surface area contributed by atoms with Crippen LogP contribution < -0.4 is 10.6 Å². The van der Waals surface area contributed by atoms with Crippen LogP contribution in [-0.4, -0.2) is 9.97 Å². The Morgan fingerprint density at radius 2 is 1.78 bits per heavy atom. The predicted octanol–water partition coefficient (Wildman–Crippen LogP) is 5.06. The first-order valence-corrected chi connectivity index (χ1v) is 7.38. The molecule has 1 aromatic heterocycles. The van der Waals surface area contributed by atoms with Gasteiger partial charge in [-0.25, -0.2) is 9.37 Å². The van der Waals surface area contributed by atoms with Crippen molar-refractivity contribution in [3.8, 4) is 0 Å². The monoisotopic (exact) mass is 328 g/mol. The van der Waals surface area contributed by atoms with Crippen LogP contribution in [0.2, 0.25) is 5.02 Å². The summed E-state index contributed by atoms with van der Waals surface area (Å²) in [6.45, 7) is 1.84. The number of nitrogens with one attached hydrogen (secondary N) is 2. The summed E-state index contributed by atoms with van der Waals surface area (Å²) in [7, 11) is 0. The van der Waals surface area contributed by atoms with Crippen molar-refractivity contribution >= 4 is 34.7 Å². The van der Waals surface area contributed by atoms with Crippen molar-refractivity contribution in [2.75, 3.05) is 10.6 Å². The third kappa shape index (κ3) is 3.96. The van der Waals surface area contributed by atoms with Crippen molar-refractivity contribution in [3.63, 3.8) is 0 Å². The summed E-state index contributed by atoms with van der Waals surface area (Å²) >= 11 is 5.97. The molecule has 23 heavy (non-hydrogen) atoms. The first-order valence-electron chi connectivity index (χ1n) is 7.00. The maximum Gasteiger partial charge on any atom is 0.229 e. The van der Waals surface area contributed by atoms with Crippen molar-refractivity contribution in [1.29, 1.82) is 0 Å². The highest BCUT2D eigenvalue weighted by molar-refractivity contribution is 6.30. The minimum atomic E-state index is -0.359. The molecule has 2 N–H and O–H groups in total. The van der Waals surface area contributed by atoms with Gasteiger partial charge < -0.3 is 10.6 Å². The molecule has 4 nitrogen and oxygen atoms in total. The van der Waals surface area contributed by atoms with E-state index in [0.717, 1.165) is 11.4 Å². The number of halogens is 2. The van der Waals surface area contributed by atoms with E-state index in [4.69, 9.17) is 11.6 Å². The van der Waals surface area contributed by atoms with Crippen LogP contribution in [0.5, 0.6) is 0 Å². The number of para-hydroxylation sites is 1. The quantitative estimate of drug-likeness (QED) is 0.702. The topological polar surface area (TPSA) is 49.8 Å². The molecule has 0 spiro atoms. The maximum absolute atomic E-state index is 13.7. The molecule has 0 aliphatic carbocycles. The van der Waals surface area contributed by atoms with E-state index < -0.39 is 0 Å². The van der Waals surface area contributed by atoms with E-state index in [1.807, 2.05) is 19.1 Å². The highest BCUT2D eigenvalue weighted by atomic mass is 35.5. The zero-order valence-corrected chi connectivity index (χ0v) is 13.1. The van der Waals surface area contributed by atoms with Crippen molar-refractivity contribution in [2.45, 2.75) is 6.92 Å². The van der Waals surface area contributed by atoms with Gasteiger partial charge in [-0.15, -0.1) is 0 Å². The van der Waals surface area contributed by atoms with Crippen LogP contribution in [0.1, 0.15) is 5.69 Å². The Morgan fingerprint density at radius 3 is 2.57 bits per heavy atom. The molecule has 2 aromatic carbocycles. The summed E-state index contributed by atoms with van der Waals surface area (Å²) in [5.41, 5.74) is 1.89. The molecule has 6 heteroatoms. The molecule has 3 rings (SSSR count). The van der Waals surface area contributed by atoms with Crippen LogP contribution in [0.3, 0.4) is 0 Å². The summed E-state index contributed by atoms with van der Waals surface area (Å²) in [4.78, 5) is 8.63. The van der Waals surface area contributed by atoms with Gasteiger partial charge in [-0.3, -0.25) is 0 Å². The summed E-state index contributed by atoms with van der Waals surface area (Å²) in [5, 5.41) is 6.67. The van der Waals surface area contributed by atoms with Gasteiger partial charge in [-0.05, 0) is 37.3 Å². The van der Waals surface area contributed by atoms with E-state index in [1.54, 1.807) is 36.4 Å². The predicted molar refractivity (Wildman–Crippen MR) is 91.2 cm³/mol. The molecule has 1 heterocycles. The normalized spacial score (nSPS) is 10.4. The number of hydrogen-bond donors (Lipinski definition) is 2. The molecule has 3 aromatic rings. The van der Waals surface area contributed by atoms with Gasteiger partial charge >= 0.3 is 0 Å². The van der Waals surface area contributed by atoms with E-state index in [9.17, 15) is 4.39 Å². The molecule has 0 saturated heterocycles. The third-order valence-corrected chi connectivity index (χ3v) is 3.31. The fourth-order valence-corrected chi connectivity index (χ4v) is 2.28. The Kier molecular flexibility index (Phi) is 4.39. The van der Waals surface area contributed by atoms with Crippen LogP contribution >= 0.6 is 11.6 Å². The number of rotatable bonds is 4. The van der Waals surface area contributed by atoms with E-state index in [1.165, 1.54) is 6.07 Å². The van der Waals surface area contributed by atoms with Crippen LogP contribution in [0, 0.1) is 12.7 Å². The Hall–Kier alpha value is -2.66. The lowest BCUT2D eigenvalue weighted by Crippen LogP contribution is -2.03. The molecule has 0 atom stereocenters. The Balaban J connectivity index is 1.86. The first-order chi connectivity index (χ1) is 11.1. The van der Waals surface area contributed by atoms with Crippen LogP contribution in [0.25, 0.3) is 0 Å². The van der Waals surface area contributed by atoms with Crippen LogP contribution in [-0.2, 0) is 0 Å². The smallest absolute Gasteiger partial charge is 0.229 e. The number of nitrogens with zero attached hydrogens (tertiary/aromatic N) is 2. The lowest BCUT2D eigenvalue weighted by atomic mass is 10.3. The maximum atomic E-state index is 13.7. The molecular formula is C17H14ClFN4. The Bertz CT molecular complexity index is 838. The molecule has 0 unspecified atom stereocenters. The lowest BCUT2D eigenvalue weighted by Gasteiger charge is -2.10.